The van der Waals surface area contributed by atoms with Gasteiger partial charge in [0.1, 0.15) is 0 Å². The van der Waals surface area contributed by atoms with Crippen LogP contribution in [0.4, 0.5) is 0 Å². The maximum absolute atomic E-state index is 11.1. The molecule has 0 amide bonds. The monoisotopic (exact) mass is 246 g/mol. The van der Waals surface area contributed by atoms with Crippen molar-refractivity contribution in [3.8, 4) is 0 Å². The van der Waals surface area contributed by atoms with Crippen LogP contribution >= 0.6 is 0 Å². The molecule has 0 fully saturated rings. The van der Waals surface area contributed by atoms with Crippen molar-refractivity contribution < 1.29 is 18.8 Å². The first kappa shape index (κ1) is 15.3. The van der Waals surface area contributed by atoms with E-state index in [0.717, 1.165) is 25.5 Å². The third kappa shape index (κ3) is 6.74. The number of Topliss-reactive ketones (excluding diaryl/α,β-unsaturated/α-hetero) is 1. The minimum Gasteiger partial charge on any atom is -0.463 e. The second-order valence-corrected chi connectivity index (χ2v) is 8.62. The Morgan fingerprint density at radius 1 is 1.19 bits per heavy atom. The molecule has 0 N–H and O–H groups in total. The van der Waals surface area contributed by atoms with Gasteiger partial charge in [-0.15, -0.1) is 0 Å². The van der Waals surface area contributed by atoms with Crippen molar-refractivity contribution in [2.75, 3.05) is 13.7 Å². The highest BCUT2D eigenvalue weighted by Crippen LogP contribution is 2.16. The number of ketones is 1. The molecular weight excluding hydrogens is 224 g/mol. The van der Waals surface area contributed by atoms with Crippen molar-refractivity contribution in [3.63, 3.8) is 0 Å². The van der Waals surface area contributed by atoms with E-state index in [9.17, 15) is 9.59 Å². The van der Waals surface area contributed by atoms with E-state index in [2.05, 4.69) is 17.8 Å². The zero-order valence-electron chi connectivity index (χ0n) is 10.7. The molecule has 0 heterocycles. The number of rotatable bonds is 8. The minimum atomic E-state index is -1.54. The van der Waals surface area contributed by atoms with Gasteiger partial charge in [0, 0.05) is 13.0 Å². The predicted octanol–water partition coefficient (Wildman–Crippen LogP) is 2.14. The average molecular weight is 246 g/mol. The van der Waals surface area contributed by atoms with E-state index < -0.39 is 20.1 Å². The molecule has 16 heavy (non-hydrogen) atoms. The quantitative estimate of drug-likeness (QED) is 0.285. The zero-order valence-corrected chi connectivity index (χ0v) is 11.7. The molecule has 0 spiro atoms. The van der Waals surface area contributed by atoms with Gasteiger partial charge in [0.2, 0.25) is 5.78 Å². The fourth-order valence-corrected chi connectivity index (χ4v) is 3.54. The summed E-state index contributed by atoms with van der Waals surface area (Å²) in [5, 5.41) is 0. The number of methoxy groups -OCH3 is 1. The summed E-state index contributed by atoms with van der Waals surface area (Å²) in [4.78, 5) is 21.9. The van der Waals surface area contributed by atoms with Crippen LogP contribution in [0.2, 0.25) is 19.1 Å². The van der Waals surface area contributed by atoms with Gasteiger partial charge >= 0.3 is 5.97 Å². The van der Waals surface area contributed by atoms with Crippen molar-refractivity contribution in [2.24, 2.45) is 0 Å². The highest BCUT2D eigenvalue weighted by Gasteiger charge is 2.21. The fraction of sp³-hybridized carbons (Fsp3) is 0.818. The molecule has 94 valence electrons. The number of carbonyl (C=O) groups excluding carboxylic acids is 2. The van der Waals surface area contributed by atoms with E-state index in [0.29, 0.717) is 0 Å². The first-order valence-corrected chi connectivity index (χ1v) is 8.79. The number of unbranched alkanes of at least 4 members (excludes halogenated alkanes) is 1. The smallest absolute Gasteiger partial charge is 0.374 e. The molecular formula is C11H22O4Si. The van der Waals surface area contributed by atoms with E-state index in [-0.39, 0.29) is 6.42 Å². The van der Waals surface area contributed by atoms with Gasteiger partial charge in [-0.1, -0.05) is 6.42 Å². The summed E-state index contributed by atoms with van der Waals surface area (Å²) in [6.45, 7) is 7.08. The molecule has 0 saturated heterocycles. The normalized spacial score (nSPS) is 11.2. The van der Waals surface area contributed by atoms with E-state index in [1.165, 1.54) is 7.11 Å². The molecule has 0 aliphatic carbocycles. The zero-order chi connectivity index (χ0) is 12.6. The molecule has 5 heteroatoms. The lowest BCUT2D eigenvalue weighted by atomic mass is 10.2. The summed E-state index contributed by atoms with van der Waals surface area (Å²) in [6, 6.07) is 1.02. The topological polar surface area (TPSA) is 52.6 Å². The maximum Gasteiger partial charge on any atom is 0.374 e. The number of hydrogen-bond donors (Lipinski definition) is 0. The summed E-state index contributed by atoms with van der Waals surface area (Å²) >= 11 is 0. The van der Waals surface area contributed by atoms with Crippen molar-refractivity contribution >= 4 is 20.1 Å². The molecule has 0 rings (SSSR count). The molecule has 0 atom stereocenters. The first-order valence-electron chi connectivity index (χ1n) is 5.68. The summed E-state index contributed by atoms with van der Waals surface area (Å²) in [5.74, 6) is -1.17. The van der Waals surface area contributed by atoms with Crippen LogP contribution in [-0.4, -0.2) is 33.8 Å². The van der Waals surface area contributed by atoms with Crippen LogP contribution in [0.15, 0.2) is 0 Å². The third-order valence-corrected chi connectivity index (χ3v) is 5.01. The lowest BCUT2D eigenvalue weighted by Crippen LogP contribution is -2.29. The maximum atomic E-state index is 11.1. The van der Waals surface area contributed by atoms with Gasteiger partial charge in [-0.25, -0.2) is 4.79 Å². The van der Waals surface area contributed by atoms with Gasteiger partial charge in [-0.3, -0.25) is 4.79 Å². The molecule has 0 aromatic carbocycles. The largest absolute Gasteiger partial charge is 0.463 e. The molecule has 0 aromatic heterocycles. The van der Waals surface area contributed by atoms with Gasteiger partial charge in [-0.05, 0) is 32.5 Å². The van der Waals surface area contributed by atoms with Gasteiger partial charge < -0.3 is 9.16 Å². The fourth-order valence-electron chi connectivity index (χ4n) is 1.52. The Labute approximate surface area is 98.4 Å². The molecule has 4 nitrogen and oxygen atoms in total. The van der Waals surface area contributed by atoms with Crippen LogP contribution in [0, 0.1) is 0 Å². The second kappa shape index (κ2) is 7.57. The molecule has 0 unspecified atom stereocenters. The van der Waals surface area contributed by atoms with E-state index in [4.69, 9.17) is 4.43 Å². The van der Waals surface area contributed by atoms with E-state index in [1.807, 2.05) is 6.92 Å². The lowest BCUT2D eigenvalue weighted by Gasteiger charge is -2.21. The summed E-state index contributed by atoms with van der Waals surface area (Å²) < 4.78 is 10.0. The number of carbonyl (C=O) groups is 2. The molecule has 0 aliphatic rings. The van der Waals surface area contributed by atoms with Crippen LogP contribution < -0.4 is 0 Å². The van der Waals surface area contributed by atoms with Gasteiger partial charge in [-0.2, -0.15) is 0 Å². The third-order valence-electron chi connectivity index (χ3n) is 2.38. The van der Waals surface area contributed by atoms with Gasteiger partial charge in [0.05, 0.1) is 7.11 Å². The Morgan fingerprint density at radius 2 is 1.81 bits per heavy atom. The number of esters is 1. The predicted molar refractivity (Wildman–Crippen MR) is 64.8 cm³/mol. The summed E-state index contributed by atoms with van der Waals surface area (Å²) in [6.07, 6.45) is 1.95. The highest BCUT2D eigenvalue weighted by atomic mass is 28.4. The average Bonchev–Trinajstić information content (AvgIpc) is 2.22. The van der Waals surface area contributed by atoms with Crippen LogP contribution in [-0.2, 0) is 18.8 Å². The SMILES string of the molecule is CCO[Si](C)(C)CCCCC(=O)C(=O)OC. The minimum absolute atomic E-state index is 0.281. The van der Waals surface area contributed by atoms with Crippen molar-refractivity contribution in [3.05, 3.63) is 0 Å². The Kier molecular flexibility index (Phi) is 7.24. The highest BCUT2D eigenvalue weighted by molar-refractivity contribution is 6.71. The van der Waals surface area contributed by atoms with Crippen LogP contribution in [0.25, 0.3) is 0 Å². The molecule has 0 saturated carbocycles. The Bertz CT molecular complexity index is 238. The van der Waals surface area contributed by atoms with Crippen molar-refractivity contribution in [2.45, 2.75) is 45.3 Å². The van der Waals surface area contributed by atoms with Crippen LogP contribution in [0.3, 0.4) is 0 Å². The summed E-state index contributed by atoms with van der Waals surface area (Å²) in [5.41, 5.74) is 0. The molecule has 0 aliphatic heterocycles. The lowest BCUT2D eigenvalue weighted by molar-refractivity contribution is -0.151. The Balaban J connectivity index is 3.68. The summed E-state index contributed by atoms with van der Waals surface area (Å²) in [7, 11) is -0.311. The first-order chi connectivity index (χ1) is 7.43. The molecule has 0 aromatic rings. The van der Waals surface area contributed by atoms with Crippen LogP contribution in [0.5, 0.6) is 0 Å². The molecule has 0 radical (unpaired) electrons. The number of ether oxygens (including phenoxy) is 1. The van der Waals surface area contributed by atoms with Crippen LogP contribution in [0.1, 0.15) is 26.2 Å². The van der Waals surface area contributed by atoms with Gasteiger partial charge in [0.15, 0.2) is 8.32 Å². The Hall–Kier alpha value is -0.683. The van der Waals surface area contributed by atoms with E-state index >= 15 is 0 Å². The van der Waals surface area contributed by atoms with Crippen molar-refractivity contribution in [1.29, 1.82) is 0 Å². The molecule has 0 bridgehead atoms. The Morgan fingerprint density at radius 3 is 2.31 bits per heavy atom. The van der Waals surface area contributed by atoms with Crippen molar-refractivity contribution in [1.82, 2.24) is 0 Å². The van der Waals surface area contributed by atoms with E-state index in [1.54, 1.807) is 0 Å². The standard InChI is InChI=1S/C11H22O4Si/c1-5-15-16(3,4)9-7-6-8-10(12)11(13)14-2/h5-9H2,1-4H3. The second-order valence-electron chi connectivity index (χ2n) is 4.31. The number of hydrogen-bond acceptors (Lipinski definition) is 4. The van der Waals surface area contributed by atoms with Gasteiger partial charge in [0.25, 0.3) is 0 Å².